The molecule has 3 rings (SSSR count). The number of Topliss-reactive ketones (excluding diaryl/α,β-unsaturated/α-hetero) is 1. The Labute approximate surface area is 129 Å². The van der Waals surface area contributed by atoms with E-state index in [2.05, 4.69) is 0 Å². The average Bonchev–Trinajstić information content (AvgIpc) is 2.93. The minimum atomic E-state index is -0.711. The van der Waals surface area contributed by atoms with E-state index in [1.807, 2.05) is 60.7 Å². The molecule has 1 aliphatic rings. The Morgan fingerprint density at radius 3 is 2.05 bits per heavy atom. The van der Waals surface area contributed by atoms with Gasteiger partial charge in [-0.15, -0.1) is 0 Å². The number of ether oxygens (including phenoxy) is 1. The first-order valence-corrected chi connectivity index (χ1v) is 7.43. The van der Waals surface area contributed by atoms with Gasteiger partial charge in [0, 0.05) is 12.3 Å². The molecule has 0 N–H and O–H groups in total. The second-order valence-corrected chi connectivity index (χ2v) is 5.62. The quantitative estimate of drug-likeness (QED) is 0.644. The summed E-state index contributed by atoms with van der Waals surface area (Å²) in [6.45, 7) is 0. The van der Waals surface area contributed by atoms with Gasteiger partial charge >= 0.3 is 5.97 Å². The normalized spacial score (nSPS) is 24.2. The van der Waals surface area contributed by atoms with E-state index in [1.54, 1.807) is 0 Å². The van der Waals surface area contributed by atoms with Crippen LogP contribution in [-0.4, -0.2) is 18.9 Å². The molecule has 3 nitrogen and oxygen atoms in total. The van der Waals surface area contributed by atoms with Crippen LogP contribution in [0.15, 0.2) is 60.7 Å². The maximum Gasteiger partial charge on any atom is 0.316 e. The number of carbonyl (C=O) groups excluding carboxylic acids is 2. The molecule has 2 aromatic carbocycles. The SMILES string of the molecule is COC(=O)[C@H]1C(=O)C[C@@H](c2ccccc2)[C@@H]1c1ccccc1. The maximum atomic E-state index is 12.4. The fourth-order valence-corrected chi connectivity index (χ4v) is 3.43. The molecule has 0 saturated heterocycles. The zero-order valence-corrected chi connectivity index (χ0v) is 12.4. The number of benzene rings is 2. The lowest BCUT2D eigenvalue weighted by atomic mass is 9.80. The van der Waals surface area contributed by atoms with Crippen LogP contribution in [0.5, 0.6) is 0 Å². The van der Waals surface area contributed by atoms with E-state index in [4.69, 9.17) is 4.74 Å². The number of hydrogen-bond acceptors (Lipinski definition) is 3. The summed E-state index contributed by atoms with van der Waals surface area (Å²) >= 11 is 0. The van der Waals surface area contributed by atoms with Gasteiger partial charge in [-0.3, -0.25) is 9.59 Å². The monoisotopic (exact) mass is 294 g/mol. The third-order valence-corrected chi connectivity index (χ3v) is 4.43. The van der Waals surface area contributed by atoms with Crippen LogP contribution >= 0.6 is 0 Å². The highest BCUT2D eigenvalue weighted by Gasteiger charge is 2.48. The molecule has 0 aromatic heterocycles. The Bertz CT molecular complexity index is 664. The van der Waals surface area contributed by atoms with Gasteiger partial charge in [-0.25, -0.2) is 0 Å². The van der Waals surface area contributed by atoms with Gasteiger partial charge in [0.1, 0.15) is 11.7 Å². The zero-order chi connectivity index (χ0) is 15.5. The van der Waals surface area contributed by atoms with Crippen LogP contribution in [0.3, 0.4) is 0 Å². The highest BCUT2D eigenvalue weighted by molar-refractivity contribution is 6.02. The molecule has 3 heteroatoms. The molecule has 0 heterocycles. The molecular weight excluding hydrogens is 276 g/mol. The lowest BCUT2D eigenvalue weighted by molar-refractivity contribution is -0.148. The topological polar surface area (TPSA) is 43.4 Å². The van der Waals surface area contributed by atoms with Gasteiger partial charge in [-0.05, 0) is 17.0 Å². The maximum absolute atomic E-state index is 12.4. The predicted octanol–water partition coefficient (Wildman–Crippen LogP) is 3.32. The molecule has 0 radical (unpaired) electrons. The Hall–Kier alpha value is -2.42. The minimum Gasteiger partial charge on any atom is -0.468 e. The Morgan fingerprint density at radius 1 is 0.955 bits per heavy atom. The van der Waals surface area contributed by atoms with Crippen molar-refractivity contribution in [1.29, 1.82) is 0 Å². The lowest BCUT2D eigenvalue weighted by Crippen LogP contribution is -2.26. The predicted molar refractivity (Wildman–Crippen MR) is 83.5 cm³/mol. The molecule has 1 fully saturated rings. The van der Waals surface area contributed by atoms with E-state index in [9.17, 15) is 9.59 Å². The molecule has 2 aromatic rings. The van der Waals surface area contributed by atoms with Crippen molar-refractivity contribution >= 4 is 11.8 Å². The standard InChI is InChI=1S/C19H18O3/c1-22-19(21)18-16(20)12-15(13-8-4-2-5-9-13)17(18)14-10-6-3-7-11-14/h2-11,15,17-18H,12H2,1H3/t15-,17-,18-/m0/s1. The van der Waals surface area contributed by atoms with Crippen LogP contribution in [0.4, 0.5) is 0 Å². The summed E-state index contributed by atoms with van der Waals surface area (Å²) in [4.78, 5) is 24.6. The first-order valence-electron chi connectivity index (χ1n) is 7.43. The average molecular weight is 294 g/mol. The highest BCUT2D eigenvalue weighted by atomic mass is 16.5. The van der Waals surface area contributed by atoms with Crippen LogP contribution in [-0.2, 0) is 14.3 Å². The Kier molecular flexibility index (Phi) is 4.05. The number of esters is 1. The molecule has 0 amide bonds. The van der Waals surface area contributed by atoms with Crippen LogP contribution in [0.25, 0.3) is 0 Å². The second-order valence-electron chi connectivity index (χ2n) is 5.62. The minimum absolute atomic E-state index is 0.0141. The number of carbonyl (C=O) groups is 2. The molecule has 0 aliphatic heterocycles. The van der Waals surface area contributed by atoms with E-state index in [-0.39, 0.29) is 17.6 Å². The number of hydrogen-bond donors (Lipinski definition) is 0. The summed E-state index contributed by atoms with van der Waals surface area (Å²) in [6.07, 6.45) is 0.378. The fraction of sp³-hybridized carbons (Fsp3) is 0.263. The van der Waals surface area contributed by atoms with Gasteiger partial charge in [0.05, 0.1) is 7.11 Å². The van der Waals surface area contributed by atoms with Gasteiger partial charge < -0.3 is 4.74 Å². The van der Waals surface area contributed by atoms with E-state index >= 15 is 0 Å². The number of ketones is 1. The van der Waals surface area contributed by atoms with Gasteiger partial charge in [-0.2, -0.15) is 0 Å². The van der Waals surface area contributed by atoms with Crippen molar-refractivity contribution in [3.8, 4) is 0 Å². The second kappa shape index (κ2) is 6.14. The highest BCUT2D eigenvalue weighted by Crippen LogP contribution is 2.48. The van der Waals surface area contributed by atoms with Gasteiger partial charge in [0.25, 0.3) is 0 Å². The number of rotatable bonds is 3. The first-order chi connectivity index (χ1) is 10.7. The van der Waals surface area contributed by atoms with E-state index in [0.29, 0.717) is 6.42 Å². The Balaban J connectivity index is 2.06. The summed E-state index contributed by atoms with van der Waals surface area (Å²) < 4.78 is 4.88. The molecule has 22 heavy (non-hydrogen) atoms. The number of methoxy groups -OCH3 is 1. The van der Waals surface area contributed by atoms with Crippen molar-refractivity contribution < 1.29 is 14.3 Å². The van der Waals surface area contributed by atoms with Crippen LogP contribution in [0, 0.1) is 5.92 Å². The summed E-state index contributed by atoms with van der Waals surface area (Å²) in [6, 6.07) is 19.7. The third-order valence-electron chi connectivity index (χ3n) is 4.43. The van der Waals surface area contributed by atoms with E-state index in [1.165, 1.54) is 7.11 Å². The van der Waals surface area contributed by atoms with Crippen LogP contribution in [0.2, 0.25) is 0 Å². The molecule has 0 spiro atoms. The van der Waals surface area contributed by atoms with E-state index in [0.717, 1.165) is 11.1 Å². The summed E-state index contributed by atoms with van der Waals surface area (Å²) in [5.74, 6) is -1.33. The first kappa shape index (κ1) is 14.5. The molecule has 1 aliphatic carbocycles. The van der Waals surface area contributed by atoms with Gasteiger partial charge in [-0.1, -0.05) is 60.7 Å². The summed E-state index contributed by atoms with van der Waals surface area (Å²) in [5, 5.41) is 0. The third kappa shape index (κ3) is 2.54. The Morgan fingerprint density at radius 2 is 1.50 bits per heavy atom. The lowest BCUT2D eigenvalue weighted by Gasteiger charge is -2.23. The van der Waals surface area contributed by atoms with Crippen molar-refractivity contribution in [1.82, 2.24) is 0 Å². The van der Waals surface area contributed by atoms with Gasteiger partial charge in [0.15, 0.2) is 0 Å². The van der Waals surface area contributed by atoms with Crippen LogP contribution < -0.4 is 0 Å². The molecule has 3 atom stereocenters. The summed E-state index contributed by atoms with van der Waals surface area (Å²) in [5.41, 5.74) is 2.11. The zero-order valence-electron chi connectivity index (χ0n) is 12.4. The van der Waals surface area contributed by atoms with Crippen molar-refractivity contribution in [3.63, 3.8) is 0 Å². The molecule has 112 valence electrons. The van der Waals surface area contributed by atoms with Crippen molar-refractivity contribution in [3.05, 3.63) is 71.8 Å². The van der Waals surface area contributed by atoms with Crippen molar-refractivity contribution in [2.24, 2.45) is 5.92 Å². The molecule has 0 bridgehead atoms. The molecule has 1 saturated carbocycles. The van der Waals surface area contributed by atoms with Crippen molar-refractivity contribution in [2.45, 2.75) is 18.3 Å². The largest absolute Gasteiger partial charge is 0.468 e. The smallest absolute Gasteiger partial charge is 0.316 e. The van der Waals surface area contributed by atoms with E-state index < -0.39 is 11.9 Å². The van der Waals surface area contributed by atoms with Gasteiger partial charge in [0.2, 0.25) is 0 Å². The molecular formula is C19H18O3. The fourth-order valence-electron chi connectivity index (χ4n) is 3.43. The summed E-state index contributed by atoms with van der Waals surface area (Å²) in [7, 11) is 1.34. The van der Waals surface area contributed by atoms with Crippen molar-refractivity contribution in [2.75, 3.05) is 7.11 Å². The van der Waals surface area contributed by atoms with Crippen LogP contribution in [0.1, 0.15) is 29.4 Å². The molecule has 0 unspecified atom stereocenters.